The summed E-state index contributed by atoms with van der Waals surface area (Å²) < 4.78 is 33.5. The van der Waals surface area contributed by atoms with E-state index in [1.54, 1.807) is 24.3 Å². The number of methoxy groups -OCH3 is 1. The zero-order chi connectivity index (χ0) is 17.4. The minimum absolute atomic E-state index is 0.0586. The van der Waals surface area contributed by atoms with Crippen LogP contribution < -0.4 is 9.50 Å². The molecule has 24 heavy (non-hydrogen) atoms. The van der Waals surface area contributed by atoms with Crippen LogP contribution in [0.15, 0.2) is 60.0 Å². The van der Waals surface area contributed by atoms with Crippen molar-refractivity contribution in [3.05, 3.63) is 65.6 Å². The zero-order valence-electron chi connectivity index (χ0n) is 13.0. The minimum Gasteiger partial charge on any atom is -0.379 e. The van der Waals surface area contributed by atoms with Gasteiger partial charge < -0.3 is 14.2 Å². The van der Waals surface area contributed by atoms with Gasteiger partial charge in [-0.3, -0.25) is 4.79 Å². The van der Waals surface area contributed by atoms with E-state index in [4.69, 9.17) is 8.92 Å². The summed E-state index contributed by atoms with van der Waals surface area (Å²) in [7, 11) is -2.44. The van der Waals surface area contributed by atoms with Crippen molar-refractivity contribution in [3.8, 4) is 5.75 Å². The Bertz CT molecular complexity index is 799. The molecule has 6 nitrogen and oxygen atoms in total. The first kappa shape index (κ1) is 17.7. The Morgan fingerprint density at radius 2 is 1.75 bits per heavy atom. The Morgan fingerprint density at radius 3 is 2.38 bits per heavy atom. The molecule has 2 aromatic carbocycles. The summed E-state index contributed by atoms with van der Waals surface area (Å²) >= 11 is 0. The lowest BCUT2D eigenvalue weighted by molar-refractivity contribution is -0.119. The fourth-order valence-electron chi connectivity index (χ4n) is 1.81. The summed E-state index contributed by atoms with van der Waals surface area (Å²) in [6, 6.07) is 15.0. The summed E-state index contributed by atoms with van der Waals surface area (Å²) in [4.78, 5) is 11.4. The average Bonchev–Trinajstić information content (AvgIpc) is 2.56. The maximum absolute atomic E-state index is 11.9. The molecular weight excluding hydrogens is 330 g/mol. The van der Waals surface area contributed by atoms with E-state index in [-0.39, 0.29) is 18.3 Å². The van der Waals surface area contributed by atoms with Crippen molar-refractivity contribution in [1.82, 2.24) is 0 Å². The molecule has 2 aromatic rings. The summed E-state index contributed by atoms with van der Waals surface area (Å²) in [5, 5.41) is 3.59. The molecule has 0 aliphatic rings. The molecule has 0 atom stereocenters. The lowest BCUT2D eigenvalue weighted by Crippen LogP contribution is -2.16. The van der Waals surface area contributed by atoms with Gasteiger partial charge in [0.25, 0.3) is 0 Å². The highest BCUT2D eigenvalue weighted by Gasteiger charge is 2.08. The highest BCUT2D eigenvalue weighted by atomic mass is 32.2. The maximum atomic E-state index is 11.9. The molecular formula is C17H17NO5S. The second kappa shape index (κ2) is 8.28. The van der Waals surface area contributed by atoms with Crippen molar-refractivity contribution in [3.63, 3.8) is 0 Å². The fourth-order valence-corrected chi connectivity index (χ4v) is 2.57. The summed E-state index contributed by atoms with van der Waals surface area (Å²) in [5.74, 6) is -0.151. The van der Waals surface area contributed by atoms with Crippen molar-refractivity contribution >= 4 is 27.8 Å². The highest BCUT2D eigenvalue weighted by molar-refractivity contribution is 7.90. The smallest absolute Gasteiger partial charge is 0.332 e. The monoisotopic (exact) mass is 347 g/mol. The molecule has 126 valence electrons. The van der Waals surface area contributed by atoms with Crippen LogP contribution in [0.3, 0.4) is 0 Å². The molecule has 0 aliphatic carbocycles. The minimum atomic E-state index is -3.87. The van der Waals surface area contributed by atoms with E-state index in [0.29, 0.717) is 5.69 Å². The van der Waals surface area contributed by atoms with Crippen LogP contribution in [0, 0.1) is 0 Å². The fraction of sp³-hybridized carbons (Fsp3) is 0.118. The van der Waals surface area contributed by atoms with Crippen LogP contribution in [0.1, 0.15) is 5.56 Å². The van der Waals surface area contributed by atoms with E-state index in [9.17, 15) is 13.2 Å². The Morgan fingerprint density at radius 1 is 1.08 bits per heavy atom. The number of hydrogen-bond donors (Lipinski definition) is 1. The van der Waals surface area contributed by atoms with Crippen molar-refractivity contribution in [2.75, 3.05) is 19.0 Å². The van der Waals surface area contributed by atoms with E-state index in [2.05, 4.69) is 5.32 Å². The lowest BCUT2D eigenvalue weighted by atomic mass is 10.2. The second-order valence-corrected chi connectivity index (χ2v) is 6.22. The van der Waals surface area contributed by atoms with E-state index >= 15 is 0 Å². The lowest BCUT2D eigenvalue weighted by Gasteiger charge is -2.06. The van der Waals surface area contributed by atoms with Crippen molar-refractivity contribution in [1.29, 1.82) is 0 Å². The molecule has 1 amide bonds. The molecule has 0 saturated heterocycles. The van der Waals surface area contributed by atoms with Crippen LogP contribution in [0.5, 0.6) is 5.75 Å². The average molecular weight is 347 g/mol. The van der Waals surface area contributed by atoms with Crippen molar-refractivity contribution in [2.24, 2.45) is 0 Å². The Balaban J connectivity index is 1.99. The molecule has 7 heteroatoms. The normalized spacial score (nSPS) is 11.4. The number of rotatable bonds is 7. The summed E-state index contributed by atoms with van der Waals surface area (Å²) in [5.41, 5.74) is 1.27. The van der Waals surface area contributed by atoms with Crippen LogP contribution in [-0.2, 0) is 19.6 Å². The van der Waals surface area contributed by atoms with Gasteiger partial charge in [-0.1, -0.05) is 30.3 Å². The molecule has 0 bridgehead atoms. The molecule has 1 N–H and O–H groups in total. The molecule has 2 rings (SSSR count). The first-order valence-corrected chi connectivity index (χ1v) is 8.52. The van der Waals surface area contributed by atoms with Crippen LogP contribution in [-0.4, -0.2) is 28.0 Å². The summed E-state index contributed by atoms with van der Waals surface area (Å²) in [6.45, 7) is -0.0586. The van der Waals surface area contributed by atoms with Gasteiger partial charge in [0.1, 0.15) is 12.4 Å². The number of anilines is 1. The van der Waals surface area contributed by atoms with Crippen molar-refractivity contribution < 1.29 is 22.1 Å². The first-order chi connectivity index (χ1) is 11.5. The van der Waals surface area contributed by atoms with Crippen LogP contribution in [0.4, 0.5) is 5.69 Å². The largest absolute Gasteiger partial charge is 0.379 e. The zero-order valence-corrected chi connectivity index (χ0v) is 13.8. The number of carbonyl (C=O) groups excluding carboxylic acids is 1. The highest BCUT2D eigenvalue weighted by Crippen LogP contribution is 2.18. The first-order valence-electron chi connectivity index (χ1n) is 7.05. The van der Waals surface area contributed by atoms with Gasteiger partial charge in [-0.2, -0.15) is 8.42 Å². The molecule has 0 fully saturated rings. The van der Waals surface area contributed by atoms with Gasteiger partial charge in [-0.05, 0) is 35.9 Å². The van der Waals surface area contributed by atoms with Gasteiger partial charge in [0.15, 0.2) is 0 Å². The van der Waals surface area contributed by atoms with E-state index < -0.39 is 10.1 Å². The van der Waals surface area contributed by atoms with Gasteiger partial charge in [0, 0.05) is 12.8 Å². The standard InChI is InChI=1S/C17H17NO5S/c1-22-13-17(19)18-15-7-9-16(10-8-15)23-24(20,21)12-11-14-5-3-2-4-6-14/h2-12H,13H2,1H3,(H,18,19). The molecule has 0 aliphatic heterocycles. The topological polar surface area (TPSA) is 81.7 Å². The molecule has 0 unspecified atom stereocenters. The van der Waals surface area contributed by atoms with Crippen LogP contribution in [0.25, 0.3) is 6.08 Å². The van der Waals surface area contributed by atoms with Crippen LogP contribution >= 0.6 is 0 Å². The maximum Gasteiger partial charge on any atom is 0.332 e. The third kappa shape index (κ3) is 5.86. The molecule has 0 radical (unpaired) electrons. The predicted octanol–water partition coefficient (Wildman–Crippen LogP) is 2.65. The van der Waals surface area contributed by atoms with Gasteiger partial charge in [0.05, 0.1) is 5.41 Å². The van der Waals surface area contributed by atoms with Gasteiger partial charge in [-0.15, -0.1) is 0 Å². The third-order valence-corrected chi connectivity index (χ3v) is 3.75. The molecule has 0 spiro atoms. The third-order valence-electron chi connectivity index (χ3n) is 2.85. The van der Waals surface area contributed by atoms with Gasteiger partial charge in [-0.25, -0.2) is 0 Å². The summed E-state index contributed by atoms with van der Waals surface area (Å²) in [6.07, 6.45) is 1.45. The number of hydrogen-bond acceptors (Lipinski definition) is 5. The number of nitrogens with one attached hydrogen (secondary N) is 1. The van der Waals surface area contributed by atoms with Gasteiger partial charge >= 0.3 is 10.1 Å². The number of amides is 1. The van der Waals surface area contributed by atoms with Gasteiger partial charge in [0.2, 0.25) is 5.91 Å². The number of benzene rings is 2. The second-order valence-electron chi connectivity index (χ2n) is 4.80. The van der Waals surface area contributed by atoms with E-state index in [1.165, 1.54) is 25.3 Å². The van der Waals surface area contributed by atoms with E-state index in [1.807, 2.05) is 18.2 Å². The Kier molecular flexibility index (Phi) is 6.11. The number of ether oxygens (including phenoxy) is 1. The van der Waals surface area contributed by atoms with Crippen LogP contribution in [0.2, 0.25) is 0 Å². The van der Waals surface area contributed by atoms with Crippen molar-refractivity contribution in [2.45, 2.75) is 0 Å². The molecule has 0 saturated carbocycles. The molecule has 0 heterocycles. The molecule has 0 aromatic heterocycles. The quantitative estimate of drug-likeness (QED) is 0.779. The SMILES string of the molecule is COCC(=O)Nc1ccc(OS(=O)(=O)C=Cc2ccccc2)cc1. The number of carbonyl (C=O) groups is 1. The van der Waals surface area contributed by atoms with E-state index in [0.717, 1.165) is 11.0 Å². The Hall–Kier alpha value is -2.64. The Labute approximate surface area is 140 Å². The predicted molar refractivity (Wildman–Crippen MR) is 92.0 cm³/mol.